The van der Waals surface area contributed by atoms with Gasteiger partial charge in [0.1, 0.15) is 6.29 Å². The molecule has 0 aromatic carbocycles. The van der Waals surface area contributed by atoms with Crippen molar-refractivity contribution in [3.8, 4) is 0 Å². The first-order chi connectivity index (χ1) is 5.69. The lowest BCUT2D eigenvalue weighted by Crippen LogP contribution is -2.46. The summed E-state index contributed by atoms with van der Waals surface area (Å²) in [4.78, 5) is 13.1. The van der Waals surface area contributed by atoms with E-state index in [1.165, 1.54) is 0 Å². The van der Waals surface area contributed by atoms with Crippen molar-refractivity contribution in [2.45, 2.75) is 45.7 Å². The van der Waals surface area contributed by atoms with Crippen molar-refractivity contribution in [2.24, 2.45) is 5.92 Å². The zero-order valence-corrected chi connectivity index (χ0v) is 8.29. The molecule has 1 saturated heterocycles. The van der Waals surface area contributed by atoms with E-state index in [1.807, 2.05) is 0 Å². The van der Waals surface area contributed by atoms with Gasteiger partial charge in [0.05, 0.1) is 0 Å². The Morgan fingerprint density at radius 1 is 1.33 bits per heavy atom. The zero-order chi connectivity index (χ0) is 9.14. The van der Waals surface area contributed by atoms with Gasteiger partial charge in [0.2, 0.25) is 0 Å². The molecule has 1 heterocycles. The van der Waals surface area contributed by atoms with E-state index in [0.717, 1.165) is 25.7 Å². The summed E-state index contributed by atoms with van der Waals surface area (Å²) in [6, 6.07) is 1.16. The Hall–Kier alpha value is -0.370. The smallest absolute Gasteiger partial charge is 0.123 e. The first kappa shape index (κ1) is 9.72. The predicted octanol–water partition coefficient (Wildman–Crippen LogP) is 1.69. The van der Waals surface area contributed by atoms with E-state index < -0.39 is 0 Å². The van der Waals surface area contributed by atoms with Crippen molar-refractivity contribution in [1.82, 2.24) is 4.90 Å². The maximum Gasteiger partial charge on any atom is 0.123 e. The molecule has 0 spiro atoms. The number of piperidine rings is 1. The van der Waals surface area contributed by atoms with Crippen LogP contribution in [0.1, 0.15) is 33.6 Å². The first-order valence-electron chi connectivity index (χ1n) is 4.90. The van der Waals surface area contributed by atoms with Gasteiger partial charge in [-0.1, -0.05) is 6.92 Å². The number of likely N-dealkylation sites (tertiary alicyclic amines) is 1. The molecule has 0 radical (unpaired) electrons. The molecule has 1 fully saturated rings. The van der Waals surface area contributed by atoms with Gasteiger partial charge in [-0.05, 0) is 33.2 Å². The minimum absolute atomic E-state index is 0.304. The van der Waals surface area contributed by atoms with Crippen LogP contribution in [0.3, 0.4) is 0 Å². The number of aldehydes is 1. The average molecular weight is 169 g/mol. The van der Waals surface area contributed by atoms with Gasteiger partial charge in [-0.15, -0.1) is 0 Å². The molecule has 1 rings (SSSR count). The molecule has 2 nitrogen and oxygen atoms in total. The van der Waals surface area contributed by atoms with Gasteiger partial charge < -0.3 is 4.79 Å². The van der Waals surface area contributed by atoms with Crippen LogP contribution in [-0.4, -0.2) is 29.8 Å². The van der Waals surface area contributed by atoms with Crippen molar-refractivity contribution in [1.29, 1.82) is 0 Å². The molecule has 0 aromatic heterocycles. The zero-order valence-electron chi connectivity index (χ0n) is 8.29. The molecule has 0 N–H and O–H groups in total. The SMILES string of the molecule is CCN1[C@@H](C)CC(C=O)C[C@@H]1C. The fourth-order valence-corrected chi connectivity index (χ4v) is 2.41. The molecule has 1 aliphatic heterocycles. The Bertz CT molecular complexity index is 146. The Labute approximate surface area is 74.9 Å². The van der Waals surface area contributed by atoms with Crippen LogP contribution >= 0.6 is 0 Å². The van der Waals surface area contributed by atoms with E-state index in [0.29, 0.717) is 18.0 Å². The number of carbonyl (C=O) groups is 1. The summed E-state index contributed by atoms with van der Waals surface area (Å²) in [6.07, 6.45) is 3.21. The fourth-order valence-electron chi connectivity index (χ4n) is 2.41. The summed E-state index contributed by atoms with van der Waals surface area (Å²) in [6.45, 7) is 7.73. The van der Waals surface area contributed by atoms with Crippen LogP contribution in [0.5, 0.6) is 0 Å². The highest BCUT2D eigenvalue weighted by Crippen LogP contribution is 2.25. The van der Waals surface area contributed by atoms with Crippen molar-refractivity contribution < 1.29 is 4.79 Å². The summed E-state index contributed by atoms with van der Waals surface area (Å²) < 4.78 is 0. The molecular weight excluding hydrogens is 150 g/mol. The molecule has 0 saturated carbocycles. The molecular formula is C10H19NO. The van der Waals surface area contributed by atoms with Gasteiger partial charge >= 0.3 is 0 Å². The molecule has 2 heteroatoms. The van der Waals surface area contributed by atoms with Crippen molar-refractivity contribution in [2.75, 3.05) is 6.54 Å². The number of hydrogen-bond donors (Lipinski definition) is 0. The summed E-state index contributed by atoms with van der Waals surface area (Å²) in [5, 5.41) is 0. The summed E-state index contributed by atoms with van der Waals surface area (Å²) in [5.74, 6) is 0.304. The largest absolute Gasteiger partial charge is 0.303 e. The molecule has 12 heavy (non-hydrogen) atoms. The van der Waals surface area contributed by atoms with Crippen LogP contribution in [0.2, 0.25) is 0 Å². The Balaban J connectivity index is 2.56. The van der Waals surface area contributed by atoms with Gasteiger partial charge in [0, 0.05) is 18.0 Å². The first-order valence-corrected chi connectivity index (χ1v) is 4.90. The summed E-state index contributed by atoms with van der Waals surface area (Å²) >= 11 is 0. The predicted molar refractivity (Wildman–Crippen MR) is 50.1 cm³/mol. The molecule has 0 unspecified atom stereocenters. The van der Waals surface area contributed by atoms with E-state index in [2.05, 4.69) is 25.7 Å². The van der Waals surface area contributed by atoms with E-state index in [9.17, 15) is 4.79 Å². The van der Waals surface area contributed by atoms with Gasteiger partial charge in [0.25, 0.3) is 0 Å². The highest BCUT2D eigenvalue weighted by molar-refractivity contribution is 5.53. The normalized spacial score (nSPS) is 38.1. The van der Waals surface area contributed by atoms with Crippen LogP contribution in [0.4, 0.5) is 0 Å². The lowest BCUT2D eigenvalue weighted by molar-refractivity contribution is -0.113. The van der Waals surface area contributed by atoms with E-state index >= 15 is 0 Å². The minimum Gasteiger partial charge on any atom is -0.303 e. The number of nitrogens with zero attached hydrogens (tertiary/aromatic N) is 1. The lowest BCUT2D eigenvalue weighted by atomic mass is 9.88. The van der Waals surface area contributed by atoms with Crippen molar-refractivity contribution in [3.05, 3.63) is 0 Å². The topological polar surface area (TPSA) is 20.3 Å². The Morgan fingerprint density at radius 3 is 2.17 bits per heavy atom. The van der Waals surface area contributed by atoms with Crippen LogP contribution in [-0.2, 0) is 4.79 Å². The quantitative estimate of drug-likeness (QED) is 0.586. The van der Waals surface area contributed by atoms with Crippen LogP contribution < -0.4 is 0 Å². The second kappa shape index (κ2) is 4.04. The minimum atomic E-state index is 0.304. The van der Waals surface area contributed by atoms with Crippen LogP contribution in [0, 0.1) is 5.92 Å². The fraction of sp³-hybridized carbons (Fsp3) is 0.900. The standard InChI is InChI=1S/C10H19NO/c1-4-11-8(2)5-10(7-12)6-9(11)3/h7-10H,4-6H2,1-3H3/t8-,9-/m0/s1. The molecule has 0 amide bonds. The third-order valence-electron chi connectivity index (χ3n) is 2.98. The van der Waals surface area contributed by atoms with Gasteiger partial charge in [-0.3, -0.25) is 4.90 Å². The van der Waals surface area contributed by atoms with Crippen LogP contribution in [0.15, 0.2) is 0 Å². The Morgan fingerprint density at radius 2 is 1.83 bits per heavy atom. The monoisotopic (exact) mass is 169 g/mol. The number of carbonyl (C=O) groups excluding carboxylic acids is 1. The van der Waals surface area contributed by atoms with E-state index in [-0.39, 0.29) is 0 Å². The number of rotatable bonds is 2. The van der Waals surface area contributed by atoms with Crippen molar-refractivity contribution >= 4 is 6.29 Å². The lowest BCUT2D eigenvalue weighted by Gasteiger charge is -2.40. The Kier molecular flexibility index (Phi) is 3.27. The third kappa shape index (κ3) is 1.86. The highest BCUT2D eigenvalue weighted by Gasteiger charge is 2.28. The van der Waals surface area contributed by atoms with Gasteiger partial charge in [0.15, 0.2) is 0 Å². The van der Waals surface area contributed by atoms with Gasteiger partial charge in [-0.2, -0.15) is 0 Å². The second-order valence-corrected chi connectivity index (χ2v) is 3.90. The van der Waals surface area contributed by atoms with Gasteiger partial charge in [-0.25, -0.2) is 0 Å². The molecule has 0 aromatic rings. The van der Waals surface area contributed by atoms with E-state index in [4.69, 9.17) is 0 Å². The highest BCUT2D eigenvalue weighted by atomic mass is 16.1. The maximum absolute atomic E-state index is 10.6. The maximum atomic E-state index is 10.6. The third-order valence-corrected chi connectivity index (χ3v) is 2.98. The number of hydrogen-bond acceptors (Lipinski definition) is 2. The molecule has 2 atom stereocenters. The second-order valence-electron chi connectivity index (χ2n) is 3.90. The molecule has 0 bridgehead atoms. The average Bonchev–Trinajstić information content (AvgIpc) is 2.03. The molecule has 1 aliphatic rings. The van der Waals surface area contributed by atoms with Crippen LogP contribution in [0.25, 0.3) is 0 Å². The molecule has 0 aliphatic carbocycles. The molecule has 70 valence electrons. The summed E-state index contributed by atoms with van der Waals surface area (Å²) in [7, 11) is 0. The van der Waals surface area contributed by atoms with E-state index in [1.54, 1.807) is 0 Å². The van der Waals surface area contributed by atoms with Crippen molar-refractivity contribution in [3.63, 3.8) is 0 Å². The summed E-state index contributed by atoms with van der Waals surface area (Å²) in [5.41, 5.74) is 0.